The zero-order valence-corrected chi connectivity index (χ0v) is 13.8. The summed E-state index contributed by atoms with van der Waals surface area (Å²) in [5.74, 6) is 0.510. The van der Waals surface area contributed by atoms with Gasteiger partial charge in [-0.25, -0.2) is 4.98 Å². The third-order valence-electron chi connectivity index (χ3n) is 4.36. The van der Waals surface area contributed by atoms with Crippen LogP contribution in [0.4, 0.5) is 11.7 Å². The largest absolute Gasteiger partial charge is 0.481 e. The minimum Gasteiger partial charge on any atom is -0.481 e. The van der Waals surface area contributed by atoms with E-state index in [9.17, 15) is 5.26 Å². The second-order valence-electron chi connectivity index (χ2n) is 5.79. The van der Waals surface area contributed by atoms with Crippen molar-refractivity contribution in [3.8, 4) is 11.9 Å². The van der Waals surface area contributed by atoms with Gasteiger partial charge in [-0.1, -0.05) is 12.1 Å². The molecule has 1 aliphatic rings. The van der Waals surface area contributed by atoms with Crippen molar-refractivity contribution in [1.82, 2.24) is 9.97 Å². The van der Waals surface area contributed by atoms with Gasteiger partial charge in [-0.15, -0.1) is 0 Å². The van der Waals surface area contributed by atoms with Gasteiger partial charge in [0.25, 0.3) is 6.01 Å². The van der Waals surface area contributed by atoms with Crippen molar-refractivity contribution in [1.29, 1.82) is 5.26 Å². The van der Waals surface area contributed by atoms with Crippen molar-refractivity contribution < 1.29 is 9.15 Å². The molecule has 7 nitrogen and oxygen atoms in total. The lowest BCUT2D eigenvalue weighted by atomic mass is 10.2. The van der Waals surface area contributed by atoms with Gasteiger partial charge in [0.05, 0.1) is 24.6 Å². The highest BCUT2D eigenvalue weighted by molar-refractivity contribution is 5.74. The van der Waals surface area contributed by atoms with E-state index in [0.717, 1.165) is 43.0 Å². The number of benzene rings is 1. The number of piperazine rings is 1. The minimum atomic E-state index is 0.510. The van der Waals surface area contributed by atoms with Crippen molar-refractivity contribution in [3.63, 3.8) is 0 Å². The van der Waals surface area contributed by atoms with E-state index in [2.05, 4.69) is 25.8 Å². The molecule has 0 radical (unpaired) electrons. The van der Waals surface area contributed by atoms with Crippen molar-refractivity contribution in [2.75, 3.05) is 43.1 Å². The number of rotatable bonds is 3. The Balaban J connectivity index is 1.52. The fourth-order valence-electron chi connectivity index (χ4n) is 3.02. The first kappa shape index (κ1) is 15.3. The van der Waals surface area contributed by atoms with Crippen LogP contribution in [-0.2, 0) is 0 Å². The van der Waals surface area contributed by atoms with Gasteiger partial charge in [0, 0.05) is 32.2 Å². The predicted molar refractivity (Wildman–Crippen MR) is 93.9 cm³/mol. The topological polar surface area (TPSA) is 78.4 Å². The van der Waals surface area contributed by atoms with E-state index in [1.807, 2.05) is 30.3 Å². The van der Waals surface area contributed by atoms with Crippen LogP contribution in [0.15, 0.2) is 40.9 Å². The summed E-state index contributed by atoms with van der Waals surface area (Å²) < 4.78 is 11.0. The Morgan fingerprint density at radius 1 is 1.16 bits per heavy atom. The van der Waals surface area contributed by atoms with E-state index in [-0.39, 0.29) is 0 Å². The molecule has 0 N–H and O–H groups in total. The van der Waals surface area contributed by atoms with Gasteiger partial charge >= 0.3 is 0 Å². The van der Waals surface area contributed by atoms with E-state index >= 15 is 0 Å². The Bertz CT molecular complexity index is 905. The fraction of sp³-hybridized carbons (Fsp3) is 0.278. The molecule has 1 fully saturated rings. The molecular formula is C18H17N5O2. The average molecular weight is 335 g/mol. The molecule has 0 aliphatic carbocycles. The molecule has 0 unspecified atom stereocenters. The number of hydrogen-bond donors (Lipinski definition) is 0. The van der Waals surface area contributed by atoms with Gasteiger partial charge in [-0.05, 0) is 12.1 Å². The van der Waals surface area contributed by atoms with Crippen molar-refractivity contribution in [2.24, 2.45) is 0 Å². The second kappa shape index (κ2) is 6.32. The number of hydrogen-bond acceptors (Lipinski definition) is 7. The Labute approximate surface area is 145 Å². The number of fused-ring (bicyclic) bond motifs is 1. The van der Waals surface area contributed by atoms with E-state index in [1.165, 1.54) is 0 Å². The Morgan fingerprint density at radius 3 is 2.64 bits per heavy atom. The number of methoxy groups -OCH3 is 1. The van der Waals surface area contributed by atoms with Crippen LogP contribution in [0.1, 0.15) is 5.56 Å². The summed E-state index contributed by atoms with van der Waals surface area (Å²) >= 11 is 0. The molecule has 126 valence electrons. The Kier molecular flexibility index (Phi) is 3.86. The quantitative estimate of drug-likeness (QED) is 0.727. The molecule has 1 aromatic carbocycles. The third kappa shape index (κ3) is 2.83. The number of nitrogens with zero attached hydrogens (tertiary/aromatic N) is 5. The van der Waals surface area contributed by atoms with Gasteiger partial charge in [0.1, 0.15) is 11.6 Å². The number of aromatic nitrogens is 2. The van der Waals surface area contributed by atoms with Crippen LogP contribution < -0.4 is 14.5 Å². The molecule has 3 aromatic rings. The number of nitriles is 1. The number of anilines is 2. The van der Waals surface area contributed by atoms with E-state index in [1.54, 1.807) is 13.3 Å². The van der Waals surface area contributed by atoms with Crippen molar-refractivity contribution >= 4 is 22.8 Å². The lowest BCUT2D eigenvalue weighted by molar-refractivity contribution is 0.397. The molecular weight excluding hydrogens is 318 g/mol. The smallest absolute Gasteiger partial charge is 0.298 e. The minimum absolute atomic E-state index is 0.510. The van der Waals surface area contributed by atoms with Gasteiger partial charge < -0.3 is 19.0 Å². The highest BCUT2D eigenvalue weighted by atomic mass is 16.5. The maximum absolute atomic E-state index is 9.33. The number of pyridine rings is 1. The molecule has 4 rings (SSSR count). The summed E-state index contributed by atoms with van der Waals surface area (Å²) in [4.78, 5) is 13.0. The van der Waals surface area contributed by atoms with Gasteiger partial charge in [0.2, 0.25) is 5.88 Å². The first-order chi connectivity index (χ1) is 12.3. The van der Waals surface area contributed by atoms with Crippen LogP contribution in [0.25, 0.3) is 11.1 Å². The summed E-state index contributed by atoms with van der Waals surface area (Å²) in [5, 5.41) is 9.33. The molecule has 0 spiro atoms. The van der Waals surface area contributed by atoms with Crippen LogP contribution >= 0.6 is 0 Å². The first-order valence-electron chi connectivity index (χ1n) is 8.08. The zero-order chi connectivity index (χ0) is 17.2. The summed E-state index contributed by atoms with van der Waals surface area (Å²) in [6.07, 6.45) is 1.56. The summed E-state index contributed by atoms with van der Waals surface area (Å²) in [7, 11) is 1.57. The highest BCUT2D eigenvalue weighted by Crippen LogP contribution is 2.27. The summed E-state index contributed by atoms with van der Waals surface area (Å²) in [5.41, 5.74) is 3.07. The normalized spacial score (nSPS) is 14.6. The van der Waals surface area contributed by atoms with Crippen LogP contribution in [0, 0.1) is 11.3 Å². The molecule has 1 aliphatic heterocycles. The molecule has 0 saturated carbocycles. The van der Waals surface area contributed by atoms with Crippen LogP contribution in [0.2, 0.25) is 0 Å². The number of ether oxygens (including phenoxy) is 1. The second-order valence-corrected chi connectivity index (χ2v) is 5.79. The SMILES string of the molecule is COc1cc(N2CCN(c3nc4ccccc4o3)CC2)c(C#N)cn1. The molecule has 0 atom stereocenters. The van der Waals surface area contributed by atoms with Gasteiger partial charge in [-0.2, -0.15) is 10.2 Å². The summed E-state index contributed by atoms with van der Waals surface area (Å²) in [6.45, 7) is 3.06. The number of para-hydroxylation sites is 2. The molecule has 7 heteroatoms. The molecule has 2 aromatic heterocycles. The molecule has 0 amide bonds. The van der Waals surface area contributed by atoms with E-state index in [4.69, 9.17) is 9.15 Å². The fourth-order valence-corrected chi connectivity index (χ4v) is 3.02. The molecule has 3 heterocycles. The van der Waals surface area contributed by atoms with Gasteiger partial charge in [-0.3, -0.25) is 0 Å². The van der Waals surface area contributed by atoms with Crippen molar-refractivity contribution in [2.45, 2.75) is 0 Å². The molecule has 25 heavy (non-hydrogen) atoms. The molecule has 0 bridgehead atoms. The third-order valence-corrected chi connectivity index (χ3v) is 4.36. The van der Waals surface area contributed by atoms with Gasteiger partial charge in [0.15, 0.2) is 5.58 Å². The van der Waals surface area contributed by atoms with E-state index in [0.29, 0.717) is 17.5 Å². The van der Waals surface area contributed by atoms with Crippen LogP contribution in [0.3, 0.4) is 0 Å². The first-order valence-corrected chi connectivity index (χ1v) is 8.08. The molecule has 1 saturated heterocycles. The standard InChI is InChI=1S/C18H17N5O2/c1-24-17-10-15(13(11-19)12-20-17)22-6-8-23(9-7-22)18-21-14-4-2-3-5-16(14)25-18/h2-5,10,12H,6-9H2,1H3. The highest BCUT2D eigenvalue weighted by Gasteiger charge is 2.23. The lowest BCUT2D eigenvalue weighted by Crippen LogP contribution is -2.47. The Hall–Kier alpha value is -3.27. The zero-order valence-electron chi connectivity index (χ0n) is 13.8. The monoisotopic (exact) mass is 335 g/mol. The Morgan fingerprint density at radius 2 is 1.92 bits per heavy atom. The summed E-state index contributed by atoms with van der Waals surface area (Å²) in [6, 6.07) is 12.4. The maximum atomic E-state index is 9.33. The average Bonchev–Trinajstić information content (AvgIpc) is 3.12. The maximum Gasteiger partial charge on any atom is 0.298 e. The van der Waals surface area contributed by atoms with Crippen molar-refractivity contribution in [3.05, 3.63) is 42.1 Å². The predicted octanol–water partition coefficient (Wildman–Crippen LogP) is 2.43. The van der Waals surface area contributed by atoms with Crippen LogP contribution in [-0.4, -0.2) is 43.3 Å². The lowest BCUT2D eigenvalue weighted by Gasteiger charge is -2.35. The van der Waals surface area contributed by atoms with Crippen LogP contribution in [0.5, 0.6) is 5.88 Å². The number of oxazole rings is 1. The van der Waals surface area contributed by atoms with E-state index < -0.39 is 0 Å².